The van der Waals surface area contributed by atoms with Gasteiger partial charge in [-0.1, -0.05) is 26.8 Å². The van der Waals surface area contributed by atoms with Crippen molar-refractivity contribution in [2.24, 2.45) is 5.41 Å². The Morgan fingerprint density at radius 2 is 1.89 bits per heavy atom. The van der Waals surface area contributed by atoms with Crippen LogP contribution < -0.4 is 5.32 Å². The van der Waals surface area contributed by atoms with Gasteiger partial charge in [-0.25, -0.2) is 0 Å². The van der Waals surface area contributed by atoms with E-state index in [0.29, 0.717) is 5.41 Å². The maximum absolute atomic E-state index is 4.74. The summed E-state index contributed by atoms with van der Waals surface area (Å²) in [5.41, 5.74) is 2.88. The van der Waals surface area contributed by atoms with Crippen molar-refractivity contribution < 1.29 is 0 Å². The number of aromatic nitrogens is 1. The molecule has 2 rings (SSSR count). The van der Waals surface area contributed by atoms with Crippen LogP contribution >= 0.6 is 0 Å². The molecule has 0 saturated carbocycles. The topological polar surface area (TPSA) is 28.2 Å². The summed E-state index contributed by atoms with van der Waals surface area (Å²) in [5, 5.41) is 3.33. The van der Waals surface area contributed by atoms with Crippen molar-refractivity contribution in [3.63, 3.8) is 0 Å². The van der Waals surface area contributed by atoms with Crippen LogP contribution in [-0.4, -0.2) is 29.5 Å². The lowest BCUT2D eigenvalue weighted by Crippen LogP contribution is -2.37. The number of likely N-dealkylation sites (tertiary alicyclic amines) is 1. The lowest BCUT2D eigenvalue weighted by Gasteiger charge is -2.36. The summed E-state index contributed by atoms with van der Waals surface area (Å²) in [7, 11) is 0. The summed E-state index contributed by atoms with van der Waals surface area (Å²) in [6.07, 6.45) is 2.59. The molecule has 1 fully saturated rings. The number of rotatable bonds is 5. The minimum absolute atomic E-state index is 0.525. The molecule has 3 heteroatoms. The van der Waals surface area contributed by atoms with Crippen molar-refractivity contribution in [2.45, 2.75) is 46.7 Å². The summed E-state index contributed by atoms with van der Waals surface area (Å²) >= 11 is 0. The highest BCUT2D eigenvalue weighted by Gasteiger charge is 2.25. The van der Waals surface area contributed by atoms with Crippen LogP contribution in [0.1, 0.15) is 45.0 Å². The molecule has 1 aliphatic rings. The van der Waals surface area contributed by atoms with Crippen LogP contribution in [0.15, 0.2) is 18.2 Å². The molecule has 1 N–H and O–H groups in total. The van der Waals surface area contributed by atoms with Gasteiger partial charge in [-0.15, -0.1) is 0 Å². The van der Waals surface area contributed by atoms with Gasteiger partial charge in [0.25, 0.3) is 0 Å². The van der Waals surface area contributed by atoms with E-state index < -0.39 is 0 Å². The fourth-order valence-electron chi connectivity index (χ4n) is 2.51. The van der Waals surface area contributed by atoms with E-state index in [1.807, 2.05) is 0 Å². The number of piperidine rings is 1. The third-order valence-electron chi connectivity index (χ3n) is 4.02. The first-order chi connectivity index (χ1) is 9.09. The van der Waals surface area contributed by atoms with Gasteiger partial charge in [0.2, 0.25) is 0 Å². The standard InChI is InChI=1S/C16H27N3/c1-4-17-12-14-6-5-7-15(18-14)13-19-10-8-16(2,3)9-11-19/h5-7,17H,4,8-13H2,1-3H3. The van der Waals surface area contributed by atoms with Gasteiger partial charge < -0.3 is 5.32 Å². The van der Waals surface area contributed by atoms with E-state index in [2.05, 4.69) is 49.2 Å². The van der Waals surface area contributed by atoms with Crippen LogP contribution in [0.5, 0.6) is 0 Å². The summed E-state index contributed by atoms with van der Waals surface area (Å²) in [6.45, 7) is 12.1. The fraction of sp³-hybridized carbons (Fsp3) is 0.688. The minimum Gasteiger partial charge on any atom is -0.311 e. The van der Waals surface area contributed by atoms with Crippen molar-refractivity contribution in [1.82, 2.24) is 15.2 Å². The van der Waals surface area contributed by atoms with Crippen molar-refractivity contribution in [2.75, 3.05) is 19.6 Å². The molecule has 0 aromatic carbocycles. The largest absolute Gasteiger partial charge is 0.311 e. The Balaban J connectivity index is 1.89. The molecule has 0 atom stereocenters. The lowest BCUT2D eigenvalue weighted by atomic mass is 9.83. The van der Waals surface area contributed by atoms with Crippen LogP contribution in [0.2, 0.25) is 0 Å². The van der Waals surface area contributed by atoms with E-state index in [9.17, 15) is 0 Å². The van der Waals surface area contributed by atoms with E-state index in [1.54, 1.807) is 0 Å². The maximum atomic E-state index is 4.74. The van der Waals surface area contributed by atoms with Gasteiger partial charge in [-0.05, 0) is 50.0 Å². The quantitative estimate of drug-likeness (QED) is 0.883. The number of pyridine rings is 1. The van der Waals surface area contributed by atoms with Crippen LogP contribution in [0.25, 0.3) is 0 Å². The fourth-order valence-corrected chi connectivity index (χ4v) is 2.51. The number of nitrogens with one attached hydrogen (secondary N) is 1. The number of nitrogens with zero attached hydrogens (tertiary/aromatic N) is 2. The zero-order valence-corrected chi connectivity index (χ0v) is 12.6. The minimum atomic E-state index is 0.525. The Morgan fingerprint density at radius 3 is 2.58 bits per heavy atom. The molecule has 0 amide bonds. The van der Waals surface area contributed by atoms with Crippen LogP contribution in [-0.2, 0) is 13.1 Å². The monoisotopic (exact) mass is 261 g/mol. The van der Waals surface area contributed by atoms with Gasteiger partial charge in [0.05, 0.1) is 11.4 Å². The second-order valence-corrected chi connectivity index (χ2v) is 6.34. The highest BCUT2D eigenvalue weighted by molar-refractivity contribution is 5.11. The van der Waals surface area contributed by atoms with Crippen molar-refractivity contribution in [3.05, 3.63) is 29.6 Å². The molecule has 1 aliphatic heterocycles. The summed E-state index contributed by atoms with van der Waals surface area (Å²) in [6, 6.07) is 6.38. The number of hydrogen-bond acceptors (Lipinski definition) is 3. The molecule has 1 saturated heterocycles. The summed E-state index contributed by atoms with van der Waals surface area (Å²) in [5.74, 6) is 0. The molecule has 0 spiro atoms. The molecule has 0 aliphatic carbocycles. The third kappa shape index (κ3) is 4.59. The summed E-state index contributed by atoms with van der Waals surface area (Å²) in [4.78, 5) is 7.27. The average molecular weight is 261 g/mol. The maximum Gasteiger partial charge on any atom is 0.0547 e. The average Bonchev–Trinajstić information content (AvgIpc) is 2.39. The van der Waals surface area contributed by atoms with Crippen molar-refractivity contribution in [3.8, 4) is 0 Å². The predicted molar refractivity (Wildman–Crippen MR) is 79.9 cm³/mol. The third-order valence-corrected chi connectivity index (χ3v) is 4.02. The van der Waals surface area contributed by atoms with Gasteiger partial charge in [0.15, 0.2) is 0 Å². The molecule has 19 heavy (non-hydrogen) atoms. The molecule has 1 aromatic rings. The molecule has 3 nitrogen and oxygen atoms in total. The molecule has 106 valence electrons. The lowest BCUT2D eigenvalue weighted by molar-refractivity contribution is 0.126. The highest BCUT2D eigenvalue weighted by Crippen LogP contribution is 2.30. The van der Waals surface area contributed by atoms with Gasteiger partial charge in [-0.2, -0.15) is 0 Å². The molecule has 1 aromatic heterocycles. The second kappa shape index (κ2) is 6.49. The van der Waals surface area contributed by atoms with E-state index >= 15 is 0 Å². The zero-order valence-electron chi connectivity index (χ0n) is 12.6. The Bertz CT molecular complexity index is 391. The molecular weight excluding hydrogens is 234 g/mol. The summed E-state index contributed by atoms with van der Waals surface area (Å²) < 4.78 is 0. The van der Waals surface area contributed by atoms with Gasteiger partial charge >= 0.3 is 0 Å². The van der Waals surface area contributed by atoms with E-state index in [1.165, 1.54) is 31.6 Å². The van der Waals surface area contributed by atoms with Gasteiger partial charge in [0.1, 0.15) is 0 Å². The first kappa shape index (κ1) is 14.5. The van der Waals surface area contributed by atoms with Crippen molar-refractivity contribution in [1.29, 1.82) is 0 Å². The molecule has 0 unspecified atom stereocenters. The molecular formula is C16H27N3. The first-order valence-electron chi connectivity index (χ1n) is 7.47. The second-order valence-electron chi connectivity index (χ2n) is 6.34. The van der Waals surface area contributed by atoms with Crippen LogP contribution in [0.4, 0.5) is 0 Å². The smallest absolute Gasteiger partial charge is 0.0547 e. The molecule has 0 radical (unpaired) electrons. The van der Waals surface area contributed by atoms with Crippen LogP contribution in [0, 0.1) is 5.41 Å². The first-order valence-corrected chi connectivity index (χ1v) is 7.47. The van der Waals surface area contributed by atoms with Gasteiger partial charge in [-0.3, -0.25) is 9.88 Å². The Kier molecular flexibility index (Phi) is 4.94. The van der Waals surface area contributed by atoms with Crippen LogP contribution in [0.3, 0.4) is 0 Å². The van der Waals surface area contributed by atoms with Gasteiger partial charge in [0, 0.05) is 13.1 Å². The molecule has 2 heterocycles. The van der Waals surface area contributed by atoms with E-state index in [-0.39, 0.29) is 0 Å². The Morgan fingerprint density at radius 1 is 1.21 bits per heavy atom. The van der Waals surface area contributed by atoms with E-state index in [0.717, 1.165) is 25.3 Å². The van der Waals surface area contributed by atoms with Crippen molar-refractivity contribution >= 4 is 0 Å². The Labute approximate surface area is 117 Å². The number of hydrogen-bond donors (Lipinski definition) is 1. The zero-order chi connectivity index (χ0) is 13.7. The Hall–Kier alpha value is -0.930. The normalized spacial score (nSPS) is 19.5. The SMILES string of the molecule is CCNCc1cccc(CN2CCC(C)(C)CC2)n1. The highest BCUT2D eigenvalue weighted by atomic mass is 15.1. The predicted octanol–water partition coefficient (Wildman–Crippen LogP) is 2.81. The molecule has 0 bridgehead atoms. The van der Waals surface area contributed by atoms with E-state index in [4.69, 9.17) is 4.98 Å².